The highest BCUT2D eigenvalue weighted by atomic mass is 35.5. The number of amides is 3. The van der Waals surface area contributed by atoms with Crippen molar-refractivity contribution in [2.45, 2.75) is 78.2 Å². The van der Waals surface area contributed by atoms with Gasteiger partial charge in [-0.25, -0.2) is 29.5 Å². The first kappa shape index (κ1) is 36.3. The molecule has 14 nitrogen and oxygen atoms in total. The number of carbonyl (C=O) groups is 3. The van der Waals surface area contributed by atoms with Gasteiger partial charge in [0.05, 0.1) is 35.9 Å². The minimum absolute atomic E-state index is 0.175. The van der Waals surface area contributed by atoms with Crippen LogP contribution in [-0.4, -0.2) is 86.8 Å². The SMILES string of the molecule is CN(C)C=NC(=O)[C@@H](CCCOc1ccc(Cl)c(Cl)c1Cn1cnc2c(NC(=O)OC(C)(C)C)ncnc21)NC(=O)OC(C)(C)C. The topological polar surface area (TPSA) is 162 Å². The number of aliphatic imine (C=N–C) groups is 1. The molecular formula is C30H40Cl2N8O6. The first-order valence-electron chi connectivity index (χ1n) is 14.4. The lowest BCUT2D eigenvalue weighted by Gasteiger charge is -2.22. The van der Waals surface area contributed by atoms with Crippen LogP contribution in [0.4, 0.5) is 15.4 Å². The molecule has 3 rings (SSSR count). The highest BCUT2D eigenvalue weighted by Gasteiger charge is 2.25. The highest BCUT2D eigenvalue weighted by molar-refractivity contribution is 6.42. The van der Waals surface area contributed by atoms with E-state index in [-0.39, 0.29) is 30.4 Å². The van der Waals surface area contributed by atoms with Gasteiger partial charge in [0.25, 0.3) is 5.91 Å². The number of benzene rings is 1. The van der Waals surface area contributed by atoms with Gasteiger partial charge >= 0.3 is 12.2 Å². The van der Waals surface area contributed by atoms with E-state index in [4.69, 9.17) is 37.4 Å². The zero-order valence-electron chi connectivity index (χ0n) is 27.2. The molecule has 16 heteroatoms. The molecule has 2 heterocycles. The van der Waals surface area contributed by atoms with Crippen LogP contribution in [0, 0.1) is 0 Å². The lowest BCUT2D eigenvalue weighted by molar-refractivity contribution is -0.120. The second kappa shape index (κ2) is 15.4. The number of aromatic nitrogens is 4. The molecule has 0 fully saturated rings. The van der Waals surface area contributed by atoms with Crippen molar-refractivity contribution in [1.82, 2.24) is 29.7 Å². The van der Waals surface area contributed by atoms with E-state index in [0.717, 1.165) is 0 Å². The fourth-order valence-electron chi connectivity index (χ4n) is 3.96. The van der Waals surface area contributed by atoms with Crippen LogP contribution in [0.1, 0.15) is 59.9 Å². The van der Waals surface area contributed by atoms with Gasteiger partial charge in [0.1, 0.15) is 29.3 Å². The standard InChI is InChI=1S/C30H40Cl2N8O6/c1-29(2,3)45-27(42)37-20(26(41)36-16-39(7)8)10-9-13-44-21-12-11-19(31)22(32)18(21)14-40-17-35-23-24(33-15-34-25(23)40)38-28(43)46-30(4,5)6/h11-12,15-17,20H,9-10,13-14H2,1-8H3,(H,37,42)(H,33,34,38,43)/t20-/m1/s1. The summed E-state index contributed by atoms with van der Waals surface area (Å²) in [6.07, 6.45) is 3.42. The Bertz CT molecular complexity index is 1580. The second-order valence-corrected chi connectivity index (χ2v) is 13.3. The summed E-state index contributed by atoms with van der Waals surface area (Å²) in [5, 5.41) is 5.81. The normalized spacial score (nSPS) is 12.6. The monoisotopic (exact) mass is 678 g/mol. The van der Waals surface area contributed by atoms with E-state index in [1.807, 2.05) is 0 Å². The van der Waals surface area contributed by atoms with Crippen LogP contribution >= 0.6 is 23.2 Å². The van der Waals surface area contributed by atoms with Gasteiger partial charge in [0, 0.05) is 19.7 Å². The summed E-state index contributed by atoms with van der Waals surface area (Å²) in [6, 6.07) is 2.38. The van der Waals surface area contributed by atoms with E-state index in [1.54, 1.807) is 77.2 Å². The summed E-state index contributed by atoms with van der Waals surface area (Å²) >= 11 is 13.0. The fourth-order valence-corrected chi connectivity index (χ4v) is 4.35. The number of hydrogen-bond acceptors (Lipinski definition) is 9. The zero-order valence-corrected chi connectivity index (χ0v) is 28.7. The van der Waals surface area contributed by atoms with Crippen molar-refractivity contribution in [1.29, 1.82) is 0 Å². The van der Waals surface area contributed by atoms with E-state index in [1.165, 1.54) is 19.0 Å². The lowest BCUT2D eigenvalue weighted by atomic mass is 10.1. The first-order valence-corrected chi connectivity index (χ1v) is 15.2. The van der Waals surface area contributed by atoms with Gasteiger partial charge in [-0.05, 0) is 66.5 Å². The maximum absolute atomic E-state index is 12.8. The van der Waals surface area contributed by atoms with Crippen LogP contribution in [0.15, 0.2) is 29.8 Å². The first-order chi connectivity index (χ1) is 21.4. The Balaban J connectivity index is 1.75. The number of hydrogen-bond donors (Lipinski definition) is 2. The number of nitrogens with one attached hydrogen (secondary N) is 2. The molecule has 46 heavy (non-hydrogen) atoms. The second-order valence-electron chi connectivity index (χ2n) is 12.5. The third kappa shape index (κ3) is 11.0. The Hall–Kier alpha value is -4.17. The van der Waals surface area contributed by atoms with Crippen LogP contribution in [-0.2, 0) is 20.8 Å². The largest absolute Gasteiger partial charge is 0.493 e. The minimum Gasteiger partial charge on any atom is -0.493 e. The number of halogens is 2. The number of carbonyl (C=O) groups excluding carboxylic acids is 3. The summed E-state index contributed by atoms with van der Waals surface area (Å²) in [6.45, 7) is 10.8. The highest BCUT2D eigenvalue weighted by Crippen LogP contribution is 2.34. The Morgan fingerprint density at radius 2 is 1.70 bits per heavy atom. The molecule has 0 saturated carbocycles. The van der Waals surface area contributed by atoms with Crippen LogP contribution < -0.4 is 15.4 Å². The van der Waals surface area contributed by atoms with Crippen molar-refractivity contribution in [2.24, 2.45) is 4.99 Å². The number of rotatable bonds is 11. The van der Waals surface area contributed by atoms with Gasteiger partial charge in [-0.2, -0.15) is 0 Å². The predicted molar refractivity (Wildman–Crippen MR) is 176 cm³/mol. The number of fused-ring (bicyclic) bond motifs is 1. The Morgan fingerprint density at radius 1 is 1.02 bits per heavy atom. The van der Waals surface area contributed by atoms with Crippen molar-refractivity contribution < 1.29 is 28.6 Å². The van der Waals surface area contributed by atoms with Crippen LogP contribution in [0.3, 0.4) is 0 Å². The molecule has 0 unspecified atom stereocenters. The van der Waals surface area contributed by atoms with E-state index in [9.17, 15) is 14.4 Å². The molecule has 0 spiro atoms. The molecule has 0 aliphatic heterocycles. The van der Waals surface area contributed by atoms with E-state index >= 15 is 0 Å². The average Bonchev–Trinajstić information content (AvgIpc) is 3.34. The van der Waals surface area contributed by atoms with Crippen LogP contribution in [0.2, 0.25) is 10.0 Å². The fraction of sp³-hybridized carbons (Fsp3) is 0.500. The Morgan fingerprint density at radius 3 is 2.35 bits per heavy atom. The van der Waals surface area contributed by atoms with Gasteiger partial charge < -0.3 is 29.0 Å². The quantitative estimate of drug-likeness (QED) is 0.146. The number of anilines is 1. The molecule has 3 amide bonds. The number of ether oxygens (including phenoxy) is 3. The predicted octanol–water partition coefficient (Wildman–Crippen LogP) is 5.70. The van der Waals surface area contributed by atoms with Crippen LogP contribution in [0.25, 0.3) is 11.2 Å². The molecule has 2 N–H and O–H groups in total. The molecule has 0 saturated heterocycles. The summed E-state index contributed by atoms with van der Waals surface area (Å²) in [4.78, 5) is 55.9. The summed E-state index contributed by atoms with van der Waals surface area (Å²) < 4.78 is 18.4. The maximum atomic E-state index is 12.8. The molecule has 0 radical (unpaired) electrons. The molecule has 0 bridgehead atoms. The van der Waals surface area contributed by atoms with Crippen molar-refractivity contribution in [2.75, 3.05) is 26.0 Å². The van der Waals surface area contributed by atoms with Crippen molar-refractivity contribution >= 4 is 64.6 Å². The zero-order chi connectivity index (χ0) is 34.2. The maximum Gasteiger partial charge on any atom is 0.413 e. The molecule has 3 aromatic rings. The number of imidazole rings is 1. The van der Waals surface area contributed by atoms with Gasteiger partial charge in [-0.15, -0.1) is 0 Å². The van der Waals surface area contributed by atoms with Crippen molar-refractivity contribution in [3.05, 3.63) is 40.4 Å². The third-order valence-corrected chi connectivity index (χ3v) is 6.65. The van der Waals surface area contributed by atoms with E-state index < -0.39 is 35.3 Å². The van der Waals surface area contributed by atoms with Gasteiger partial charge in [0.2, 0.25) is 0 Å². The van der Waals surface area contributed by atoms with E-state index in [0.29, 0.717) is 33.9 Å². The lowest BCUT2D eigenvalue weighted by Crippen LogP contribution is -2.43. The van der Waals surface area contributed by atoms with Gasteiger partial charge in [-0.3, -0.25) is 10.1 Å². The molecule has 0 aliphatic carbocycles. The molecule has 250 valence electrons. The van der Waals surface area contributed by atoms with Gasteiger partial charge in [-0.1, -0.05) is 23.2 Å². The van der Waals surface area contributed by atoms with Crippen LogP contribution in [0.5, 0.6) is 5.75 Å². The average molecular weight is 680 g/mol. The summed E-state index contributed by atoms with van der Waals surface area (Å²) in [5.41, 5.74) is -0.0972. The molecule has 2 aromatic heterocycles. The Labute approximate surface area is 277 Å². The summed E-state index contributed by atoms with van der Waals surface area (Å²) in [5.74, 6) is 0.112. The number of nitrogens with zero attached hydrogens (tertiary/aromatic N) is 6. The Kier molecular flexibility index (Phi) is 12.2. The third-order valence-electron chi connectivity index (χ3n) is 5.80. The minimum atomic E-state index is -0.927. The molecule has 0 aliphatic rings. The molecule has 1 aromatic carbocycles. The van der Waals surface area contributed by atoms with Crippen molar-refractivity contribution in [3.63, 3.8) is 0 Å². The smallest absolute Gasteiger partial charge is 0.413 e. The van der Waals surface area contributed by atoms with E-state index in [2.05, 4.69) is 30.6 Å². The molecule has 1 atom stereocenters. The number of alkyl carbamates (subject to hydrolysis) is 1. The van der Waals surface area contributed by atoms with Gasteiger partial charge in [0.15, 0.2) is 17.0 Å². The van der Waals surface area contributed by atoms with Crippen molar-refractivity contribution in [3.8, 4) is 5.75 Å². The molecular weight excluding hydrogens is 639 g/mol. The summed E-state index contributed by atoms with van der Waals surface area (Å²) in [7, 11) is 3.46.